The number of carbonyl (C=O) groups excluding carboxylic acids is 1. The molecule has 1 aromatic carbocycles. The first-order valence-electron chi connectivity index (χ1n) is 5.37. The molecule has 81 valence electrons. The molecule has 0 aromatic heterocycles. The summed E-state index contributed by atoms with van der Waals surface area (Å²) in [4.78, 5) is 11.1. The summed E-state index contributed by atoms with van der Waals surface area (Å²) >= 11 is 0. The fourth-order valence-corrected chi connectivity index (χ4v) is 1.21. The van der Waals surface area contributed by atoms with Gasteiger partial charge in [0.25, 0.3) is 0 Å². The second-order valence-electron chi connectivity index (χ2n) is 3.40. The molecule has 0 spiro atoms. The van der Waals surface area contributed by atoms with Crippen LogP contribution in [-0.4, -0.2) is 12.6 Å². The van der Waals surface area contributed by atoms with Gasteiger partial charge in [0.05, 0.1) is 6.61 Å². The topological polar surface area (TPSA) is 26.3 Å². The third-order valence-corrected chi connectivity index (χ3v) is 2.10. The van der Waals surface area contributed by atoms with Crippen LogP contribution in [0.2, 0.25) is 0 Å². The molecule has 15 heavy (non-hydrogen) atoms. The molecule has 0 aliphatic rings. The Bertz CT molecular complexity index is 280. The van der Waals surface area contributed by atoms with E-state index in [2.05, 4.69) is 6.92 Å². The SMILES string of the molecule is CCCCC(=O)OC[CH]c1ccccc1. The Hall–Kier alpha value is -1.31. The molecule has 0 N–H and O–H groups in total. The Balaban J connectivity index is 2.14. The first-order chi connectivity index (χ1) is 7.33. The van der Waals surface area contributed by atoms with Gasteiger partial charge in [-0.2, -0.15) is 0 Å². The lowest BCUT2D eigenvalue weighted by Gasteiger charge is -2.03. The third-order valence-electron chi connectivity index (χ3n) is 2.10. The Morgan fingerprint density at radius 1 is 1.33 bits per heavy atom. The van der Waals surface area contributed by atoms with Gasteiger partial charge in [0, 0.05) is 12.8 Å². The summed E-state index contributed by atoms with van der Waals surface area (Å²) < 4.78 is 5.05. The number of hydrogen-bond donors (Lipinski definition) is 0. The summed E-state index contributed by atoms with van der Waals surface area (Å²) in [6.45, 7) is 2.43. The standard InChI is InChI=1S/C13H17O2/c1-2-3-9-13(14)15-11-10-12-7-5-4-6-8-12/h4-8,10H,2-3,9,11H2,1H3. The van der Waals surface area contributed by atoms with E-state index in [4.69, 9.17) is 4.74 Å². The van der Waals surface area contributed by atoms with Crippen LogP contribution in [-0.2, 0) is 9.53 Å². The van der Waals surface area contributed by atoms with Crippen molar-refractivity contribution in [1.82, 2.24) is 0 Å². The fourth-order valence-electron chi connectivity index (χ4n) is 1.21. The van der Waals surface area contributed by atoms with Gasteiger partial charge in [0.15, 0.2) is 0 Å². The summed E-state index contributed by atoms with van der Waals surface area (Å²) in [5.74, 6) is -0.107. The van der Waals surface area contributed by atoms with E-state index < -0.39 is 0 Å². The van der Waals surface area contributed by atoms with Crippen LogP contribution in [0.15, 0.2) is 30.3 Å². The monoisotopic (exact) mass is 205 g/mol. The van der Waals surface area contributed by atoms with E-state index in [1.807, 2.05) is 36.8 Å². The highest BCUT2D eigenvalue weighted by Gasteiger charge is 2.01. The molecule has 0 atom stereocenters. The van der Waals surface area contributed by atoms with Gasteiger partial charge < -0.3 is 4.74 Å². The van der Waals surface area contributed by atoms with Crippen molar-refractivity contribution in [3.05, 3.63) is 42.3 Å². The molecule has 0 fully saturated rings. The molecule has 0 aliphatic heterocycles. The lowest BCUT2D eigenvalue weighted by atomic mass is 10.2. The normalized spacial score (nSPS) is 9.93. The maximum atomic E-state index is 11.1. The lowest BCUT2D eigenvalue weighted by Crippen LogP contribution is -2.06. The Labute approximate surface area is 91.3 Å². The van der Waals surface area contributed by atoms with Crippen molar-refractivity contribution in [2.75, 3.05) is 6.61 Å². The predicted molar refractivity (Wildman–Crippen MR) is 60.3 cm³/mol. The van der Waals surface area contributed by atoms with Gasteiger partial charge in [0.1, 0.15) is 0 Å². The smallest absolute Gasteiger partial charge is 0.305 e. The van der Waals surface area contributed by atoms with Crippen LogP contribution in [0.4, 0.5) is 0 Å². The zero-order chi connectivity index (χ0) is 10.9. The number of benzene rings is 1. The van der Waals surface area contributed by atoms with E-state index in [0.29, 0.717) is 13.0 Å². The molecule has 2 nitrogen and oxygen atoms in total. The van der Waals surface area contributed by atoms with E-state index in [1.165, 1.54) is 0 Å². The molecule has 0 amide bonds. The van der Waals surface area contributed by atoms with Crippen LogP contribution in [0.25, 0.3) is 0 Å². The summed E-state index contributed by atoms with van der Waals surface area (Å²) in [6, 6.07) is 9.86. The van der Waals surface area contributed by atoms with Crippen LogP contribution in [0.1, 0.15) is 31.7 Å². The summed E-state index contributed by atoms with van der Waals surface area (Å²) in [5.41, 5.74) is 1.08. The van der Waals surface area contributed by atoms with Crippen molar-refractivity contribution >= 4 is 5.97 Å². The second kappa shape index (κ2) is 7.04. The van der Waals surface area contributed by atoms with Crippen LogP contribution in [0, 0.1) is 6.42 Å². The molecule has 0 unspecified atom stereocenters. The second-order valence-corrected chi connectivity index (χ2v) is 3.40. The van der Waals surface area contributed by atoms with E-state index in [0.717, 1.165) is 18.4 Å². The van der Waals surface area contributed by atoms with Crippen molar-refractivity contribution < 1.29 is 9.53 Å². The molecule has 1 aromatic rings. The average Bonchev–Trinajstić information content (AvgIpc) is 2.28. The maximum Gasteiger partial charge on any atom is 0.305 e. The average molecular weight is 205 g/mol. The quantitative estimate of drug-likeness (QED) is 0.667. The van der Waals surface area contributed by atoms with Crippen molar-refractivity contribution in [2.45, 2.75) is 26.2 Å². The number of carbonyl (C=O) groups is 1. The van der Waals surface area contributed by atoms with Crippen LogP contribution in [0.5, 0.6) is 0 Å². The van der Waals surface area contributed by atoms with Gasteiger partial charge in [-0.25, -0.2) is 0 Å². The maximum absolute atomic E-state index is 11.1. The van der Waals surface area contributed by atoms with E-state index in [-0.39, 0.29) is 5.97 Å². The largest absolute Gasteiger partial charge is 0.465 e. The predicted octanol–water partition coefficient (Wildman–Crippen LogP) is 2.97. The molecule has 0 heterocycles. The van der Waals surface area contributed by atoms with Crippen molar-refractivity contribution in [3.63, 3.8) is 0 Å². The van der Waals surface area contributed by atoms with Crippen LogP contribution < -0.4 is 0 Å². The molecule has 0 saturated heterocycles. The zero-order valence-corrected chi connectivity index (χ0v) is 9.11. The number of ether oxygens (including phenoxy) is 1. The van der Waals surface area contributed by atoms with E-state index >= 15 is 0 Å². The molecular formula is C13H17O2. The highest BCUT2D eigenvalue weighted by Crippen LogP contribution is 2.03. The number of hydrogen-bond acceptors (Lipinski definition) is 2. The summed E-state index contributed by atoms with van der Waals surface area (Å²) in [5, 5.41) is 0. The fraction of sp³-hybridized carbons (Fsp3) is 0.385. The molecular weight excluding hydrogens is 188 g/mol. The van der Waals surface area contributed by atoms with Crippen molar-refractivity contribution in [1.29, 1.82) is 0 Å². The van der Waals surface area contributed by atoms with E-state index in [1.54, 1.807) is 0 Å². The molecule has 1 rings (SSSR count). The van der Waals surface area contributed by atoms with Crippen molar-refractivity contribution in [3.8, 4) is 0 Å². The Morgan fingerprint density at radius 2 is 2.07 bits per heavy atom. The molecule has 1 radical (unpaired) electrons. The van der Waals surface area contributed by atoms with E-state index in [9.17, 15) is 4.79 Å². The Morgan fingerprint density at radius 3 is 2.73 bits per heavy atom. The van der Waals surface area contributed by atoms with Gasteiger partial charge in [-0.1, -0.05) is 43.7 Å². The number of rotatable bonds is 6. The Kier molecular flexibility index (Phi) is 5.52. The van der Waals surface area contributed by atoms with Gasteiger partial charge in [-0.15, -0.1) is 0 Å². The highest BCUT2D eigenvalue weighted by molar-refractivity contribution is 5.69. The lowest BCUT2D eigenvalue weighted by molar-refractivity contribution is -0.142. The van der Waals surface area contributed by atoms with Crippen LogP contribution >= 0.6 is 0 Å². The zero-order valence-electron chi connectivity index (χ0n) is 9.11. The summed E-state index contributed by atoms with van der Waals surface area (Å²) in [6.07, 6.45) is 4.37. The van der Waals surface area contributed by atoms with Gasteiger partial charge in [0.2, 0.25) is 0 Å². The first-order valence-corrected chi connectivity index (χ1v) is 5.37. The minimum Gasteiger partial charge on any atom is -0.465 e. The number of esters is 1. The molecule has 0 saturated carbocycles. The molecule has 0 aliphatic carbocycles. The van der Waals surface area contributed by atoms with Gasteiger partial charge >= 0.3 is 5.97 Å². The summed E-state index contributed by atoms with van der Waals surface area (Å²) in [7, 11) is 0. The minimum atomic E-state index is -0.107. The van der Waals surface area contributed by atoms with Crippen LogP contribution in [0.3, 0.4) is 0 Å². The van der Waals surface area contributed by atoms with Gasteiger partial charge in [-0.05, 0) is 12.0 Å². The van der Waals surface area contributed by atoms with Crippen molar-refractivity contribution in [2.24, 2.45) is 0 Å². The number of unbranched alkanes of at least 4 members (excludes halogenated alkanes) is 1. The highest BCUT2D eigenvalue weighted by atomic mass is 16.5. The minimum absolute atomic E-state index is 0.107. The first kappa shape index (κ1) is 11.8. The molecule has 0 bridgehead atoms. The van der Waals surface area contributed by atoms with Gasteiger partial charge in [-0.3, -0.25) is 4.79 Å². The third kappa shape index (κ3) is 5.21. The molecule has 2 heteroatoms.